The van der Waals surface area contributed by atoms with Crippen molar-refractivity contribution in [3.8, 4) is 5.75 Å². The van der Waals surface area contributed by atoms with E-state index in [1.165, 1.54) is 5.56 Å². The zero-order valence-corrected chi connectivity index (χ0v) is 14.7. The molecular formula is C22H19BFNO. The number of para-hydroxylation sites is 1. The fourth-order valence-corrected chi connectivity index (χ4v) is 3.39. The minimum absolute atomic E-state index is 0.0199. The maximum atomic E-state index is 14.7. The van der Waals surface area contributed by atoms with Crippen molar-refractivity contribution < 1.29 is 9.13 Å². The quantitative estimate of drug-likeness (QED) is 0.493. The normalized spacial score (nSPS) is 12.5. The van der Waals surface area contributed by atoms with Gasteiger partial charge in [-0.15, -0.1) is 0 Å². The first-order chi connectivity index (χ1) is 12.6. The fourth-order valence-electron chi connectivity index (χ4n) is 3.39. The van der Waals surface area contributed by atoms with Crippen LogP contribution in [0.2, 0.25) is 0 Å². The molecule has 2 radical (unpaired) electrons. The molecule has 0 aliphatic heterocycles. The van der Waals surface area contributed by atoms with E-state index in [4.69, 9.17) is 12.6 Å². The Morgan fingerprint density at radius 2 is 1.65 bits per heavy atom. The Labute approximate surface area is 153 Å². The first-order valence-corrected chi connectivity index (χ1v) is 8.72. The van der Waals surface area contributed by atoms with E-state index in [1.807, 2.05) is 59.2 Å². The molecule has 0 spiro atoms. The monoisotopic (exact) mass is 343 g/mol. The predicted octanol–water partition coefficient (Wildman–Crippen LogP) is 4.31. The third-order valence-electron chi connectivity index (χ3n) is 4.60. The maximum Gasteiger partial charge on any atom is 0.152 e. The van der Waals surface area contributed by atoms with Crippen LogP contribution in [0, 0.1) is 6.92 Å². The Bertz CT molecular complexity index is 999. The Balaban J connectivity index is 1.66. The summed E-state index contributed by atoms with van der Waals surface area (Å²) in [5.74, 6) is 0.681. The zero-order chi connectivity index (χ0) is 18.1. The van der Waals surface area contributed by atoms with Gasteiger partial charge in [0.05, 0.1) is 6.54 Å². The van der Waals surface area contributed by atoms with Crippen LogP contribution in [0.1, 0.15) is 5.56 Å². The average molecular weight is 343 g/mol. The molecule has 0 saturated heterocycles. The van der Waals surface area contributed by atoms with Crippen LogP contribution in [0.5, 0.6) is 5.75 Å². The highest BCUT2D eigenvalue weighted by molar-refractivity contribution is 6.33. The molecule has 26 heavy (non-hydrogen) atoms. The van der Waals surface area contributed by atoms with Gasteiger partial charge >= 0.3 is 0 Å². The number of benzene rings is 3. The molecule has 1 aromatic heterocycles. The molecule has 2 nitrogen and oxygen atoms in total. The van der Waals surface area contributed by atoms with Crippen molar-refractivity contribution in [3.63, 3.8) is 0 Å². The van der Waals surface area contributed by atoms with Crippen molar-refractivity contribution in [1.29, 1.82) is 0 Å². The largest absolute Gasteiger partial charge is 0.490 e. The number of nitrogens with zero attached hydrogens (tertiary/aromatic N) is 1. The van der Waals surface area contributed by atoms with Gasteiger partial charge in [-0.25, -0.2) is 4.39 Å². The smallest absolute Gasteiger partial charge is 0.152 e. The molecule has 0 fully saturated rings. The van der Waals surface area contributed by atoms with E-state index in [9.17, 15) is 4.39 Å². The van der Waals surface area contributed by atoms with Crippen molar-refractivity contribution >= 4 is 35.1 Å². The standard InChI is InChI=1S/C22H19BFNO/c1-15-7-9-21-19(11-15)20-12-16(23)8-10-22(20)25(21)13-17(24)14-26-18-5-3-2-4-6-18/h2-12,17H,13-14H2,1H3. The molecule has 1 atom stereocenters. The molecule has 4 rings (SSSR count). The third kappa shape index (κ3) is 3.19. The average Bonchev–Trinajstić information content (AvgIpc) is 2.93. The van der Waals surface area contributed by atoms with Crippen LogP contribution >= 0.6 is 0 Å². The van der Waals surface area contributed by atoms with Crippen LogP contribution in [0.4, 0.5) is 4.39 Å². The number of rotatable bonds is 5. The summed E-state index contributed by atoms with van der Waals surface area (Å²) in [5, 5.41) is 2.16. The topological polar surface area (TPSA) is 14.2 Å². The molecule has 0 amide bonds. The second-order valence-corrected chi connectivity index (χ2v) is 6.63. The number of fused-ring (bicyclic) bond motifs is 3. The van der Waals surface area contributed by atoms with Gasteiger partial charge in [-0.1, -0.05) is 47.4 Å². The Morgan fingerprint density at radius 1 is 0.962 bits per heavy atom. The fraction of sp³-hybridized carbons (Fsp3) is 0.182. The number of alkyl halides is 1. The summed E-state index contributed by atoms with van der Waals surface area (Å²) in [5.41, 5.74) is 3.88. The molecule has 0 aliphatic rings. The summed E-state index contributed by atoms with van der Waals surface area (Å²) in [6.07, 6.45) is -1.12. The van der Waals surface area contributed by atoms with Gasteiger partial charge < -0.3 is 9.30 Å². The summed E-state index contributed by atoms with van der Waals surface area (Å²) in [7, 11) is 5.97. The summed E-state index contributed by atoms with van der Waals surface area (Å²) in [6, 6.07) is 21.3. The lowest BCUT2D eigenvalue weighted by Gasteiger charge is -2.13. The molecule has 0 N–H and O–H groups in total. The molecule has 1 unspecified atom stereocenters. The molecule has 128 valence electrons. The van der Waals surface area contributed by atoms with Gasteiger partial charge in [-0.3, -0.25) is 0 Å². The van der Waals surface area contributed by atoms with E-state index in [1.54, 1.807) is 0 Å². The van der Waals surface area contributed by atoms with Gasteiger partial charge in [0.15, 0.2) is 6.17 Å². The molecule has 4 aromatic rings. The highest BCUT2D eigenvalue weighted by atomic mass is 19.1. The van der Waals surface area contributed by atoms with E-state index in [2.05, 4.69) is 19.1 Å². The number of halogens is 1. The van der Waals surface area contributed by atoms with Crippen LogP contribution < -0.4 is 10.2 Å². The summed E-state index contributed by atoms with van der Waals surface area (Å²) in [6.45, 7) is 2.31. The number of aromatic nitrogens is 1. The van der Waals surface area contributed by atoms with E-state index in [0.717, 1.165) is 21.8 Å². The van der Waals surface area contributed by atoms with Crippen LogP contribution in [-0.2, 0) is 6.54 Å². The number of ether oxygens (including phenoxy) is 1. The Hall–Kier alpha value is -2.75. The lowest BCUT2D eigenvalue weighted by atomic mass is 9.94. The SMILES string of the molecule is [B]c1ccc2c(c1)c1cc(C)ccc1n2CC(F)COc1ccccc1. The minimum Gasteiger partial charge on any atom is -0.490 e. The van der Waals surface area contributed by atoms with Crippen LogP contribution in [0.25, 0.3) is 21.8 Å². The molecule has 0 saturated carbocycles. The predicted molar refractivity (Wildman–Crippen MR) is 106 cm³/mol. The summed E-state index contributed by atoms with van der Waals surface area (Å²) < 4.78 is 22.3. The first-order valence-electron chi connectivity index (χ1n) is 8.72. The lowest BCUT2D eigenvalue weighted by Crippen LogP contribution is -2.19. The number of aryl methyl sites for hydroxylation is 1. The van der Waals surface area contributed by atoms with Crippen molar-refractivity contribution in [2.24, 2.45) is 0 Å². The van der Waals surface area contributed by atoms with Crippen LogP contribution in [0.3, 0.4) is 0 Å². The van der Waals surface area contributed by atoms with E-state index in [-0.39, 0.29) is 13.2 Å². The zero-order valence-electron chi connectivity index (χ0n) is 14.7. The van der Waals surface area contributed by atoms with Crippen molar-refractivity contribution in [1.82, 2.24) is 4.57 Å². The molecule has 1 heterocycles. The molecule has 0 bridgehead atoms. The van der Waals surface area contributed by atoms with Crippen LogP contribution in [-0.4, -0.2) is 25.2 Å². The first kappa shape index (κ1) is 16.7. The van der Waals surface area contributed by atoms with Gasteiger partial charge in [0.2, 0.25) is 0 Å². The van der Waals surface area contributed by atoms with Gasteiger partial charge in [0.25, 0.3) is 0 Å². The highest BCUT2D eigenvalue weighted by Gasteiger charge is 2.15. The van der Waals surface area contributed by atoms with E-state index < -0.39 is 6.17 Å². The van der Waals surface area contributed by atoms with Gasteiger partial charge in [-0.2, -0.15) is 0 Å². The van der Waals surface area contributed by atoms with Crippen molar-refractivity contribution in [2.45, 2.75) is 19.6 Å². The van der Waals surface area contributed by atoms with Crippen molar-refractivity contribution in [3.05, 3.63) is 72.3 Å². The number of hydrogen-bond donors (Lipinski definition) is 0. The van der Waals surface area contributed by atoms with E-state index in [0.29, 0.717) is 11.2 Å². The Kier molecular flexibility index (Phi) is 4.42. The minimum atomic E-state index is -1.12. The summed E-state index contributed by atoms with van der Waals surface area (Å²) in [4.78, 5) is 0. The molecular weight excluding hydrogens is 324 g/mol. The van der Waals surface area contributed by atoms with Gasteiger partial charge in [0.1, 0.15) is 20.2 Å². The molecule has 3 aromatic carbocycles. The van der Waals surface area contributed by atoms with Crippen molar-refractivity contribution in [2.75, 3.05) is 6.61 Å². The van der Waals surface area contributed by atoms with Gasteiger partial charge in [-0.05, 0) is 37.3 Å². The van der Waals surface area contributed by atoms with Crippen LogP contribution in [0.15, 0.2) is 66.7 Å². The molecule has 4 heteroatoms. The van der Waals surface area contributed by atoms with E-state index >= 15 is 0 Å². The highest BCUT2D eigenvalue weighted by Crippen LogP contribution is 2.29. The molecule has 0 aliphatic carbocycles. The number of hydrogen-bond acceptors (Lipinski definition) is 1. The summed E-state index contributed by atoms with van der Waals surface area (Å²) >= 11 is 0. The van der Waals surface area contributed by atoms with Gasteiger partial charge in [0, 0.05) is 21.8 Å². The third-order valence-corrected chi connectivity index (χ3v) is 4.60. The second-order valence-electron chi connectivity index (χ2n) is 6.63. The lowest BCUT2D eigenvalue weighted by molar-refractivity contribution is 0.181. The second kappa shape index (κ2) is 6.87. The maximum absolute atomic E-state index is 14.7. The Morgan fingerprint density at radius 3 is 2.42 bits per heavy atom.